The van der Waals surface area contributed by atoms with Gasteiger partial charge in [-0.05, 0) is 53.6 Å². The number of nitrogens with two attached hydrogens (primary N) is 1. The van der Waals surface area contributed by atoms with E-state index in [4.69, 9.17) is 10.8 Å². The molecule has 0 amide bonds. The average molecular weight is 511 g/mol. The van der Waals surface area contributed by atoms with E-state index in [1.54, 1.807) is 24.3 Å². The van der Waals surface area contributed by atoms with Gasteiger partial charge in [-0.1, -0.05) is 63.6 Å². The molecule has 8 nitrogen and oxygen atoms in total. The van der Waals surface area contributed by atoms with Crippen LogP contribution in [0.2, 0.25) is 0 Å². The molecule has 36 heavy (non-hydrogen) atoms. The second-order valence-electron chi connectivity index (χ2n) is 9.80. The first-order valence-corrected chi connectivity index (χ1v) is 13.4. The smallest absolute Gasteiger partial charge is 0.322 e. The molecule has 1 atom stereocenters. The van der Waals surface area contributed by atoms with E-state index in [0.29, 0.717) is 0 Å². The summed E-state index contributed by atoms with van der Waals surface area (Å²) in [4.78, 5) is 17.5. The lowest BCUT2D eigenvalue weighted by atomic mass is 9.81. The molecule has 0 saturated heterocycles. The van der Waals surface area contributed by atoms with Crippen LogP contribution in [0.1, 0.15) is 50.4 Å². The number of aliphatic carboxylic acids is 1. The maximum absolute atomic E-state index is 13.8. The Morgan fingerprint density at radius 2 is 1.67 bits per heavy atom. The molecule has 1 unspecified atom stereocenters. The van der Waals surface area contributed by atoms with Crippen LogP contribution in [0.3, 0.4) is 0 Å². The van der Waals surface area contributed by atoms with Gasteiger partial charge in [0.05, 0.1) is 5.69 Å². The highest BCUT2D eigenvalue weighted by atomic mass is 32.2. The van der Waals surface area contributed by atoms with Crippen molar-refractivity contribution >= 4 is 21.6 Å². The maximum Gasteiger partial charge on any atom is 0.322 e. The third-order valence-corrected chi connectivity index (χ3v) is 8.20. The van der Waals surface area contributed by atoms with Gasteiger partial charge in [0, 0.05) is 12.6 Å². The maximum atomic E-state index is 13.8. The summed E-state index contributed by atoms with van der Waals surface area (Å²) in [5.41, 5.74) is 8.90. The van der Waals surface area contributed by atoms with Gasteiger partial charge in [-0.25, -0.2) is 18.4 Å². The van der Waals surface area contributed by atoms with E-state index in [0.717, 1.165) is 24.8 Å². The van der Waals surface area contributed by atoms with Crippen molar-refractivity contribution in [2.75, 3.05) is 11.9 Å². The van der Waals surface area contributed by atoms with Crippen LogP contribution in [0, 0.1) is 5.41 Å². The molecule has 0 fully saturated rings. The van der Waals surface area contributed by atoms with Crippen molar-refractivity contribution in [2.24, 2.45) is 11.1 Å². The van der Waals surface area contributed by atoms with Gasteiger partial charge in [0.1, 0.15) is 12.4 Å². The zero-order chi connectivity index (χ0) is 26.4. The molecule has 9 heteroatoms. The number of carboxylic acids is 1. The second kappa shape index (κ2) is 11.2. The molecule has 3 rings (SSSR count). The topological polar surface area (TPSA) is 135 Å². The van der Waals surface area contributed by atoms with Crippen LogP contribution in [-0.4, -0.2) is 36.0 Å². The van der Waals surface area contributed by atoms with Gasteiger partial charge >= 0.3 is 5.97 Å². The highest BCUT2D eigenvalue weighted by molar-refractivity contribution is 7.92. The lowest BCUT2D eigenvalue weighted by Gasteiger charge is -2.29. The molecule has 0 spiro atoms. The van der Waals surface area contributed by atoms with Crippen LogP contribution in [0.15, 0.2) is 71.9 Å². The summed E-state index contributed by atoms with van der Waals surface area (Å²) in [5.74, 6) is -0.848. The number of hydrogen-bond acceptors (Lipinski definition) is 7. The lowest BCUT2D eigenvalue weighted by molar-refractivity contribution is -0.134. The van der Waals surface area contributed by atoms with E-state index in [1.807, 2.05) is 24.3 Å². The predicted molar refractivity (Wildman–Crippen MR) is 140 cm³/mol. The Morgan fingerprint density at radius 3 is 2.25 bits per heavy atom. The third kappa shape index (κ3) is 6.47. The van der Waals surface area contributed by atoms with Crippen molar-refractivity contribution in [2.45, 2.75) is 56.4 Å². The highest BCUT2D eigenvalue weighted by Crippen LogP contribution is 2.34. The van der Waals surface area contributed by atoms with E-state index >= 15 is 0 Å². The summed E-state index contributed by atoms with van der Waals surface area (Å²) >= 11 is 0. The molecular weight excluding hydrogens is 476 g/mol. The molecule has 1 aromatic carbocycles. The number of pyridine rings is 2. The Balaban J connectivity index is 2.00. The fraction of sp³-hybridized carbons (Fsp3) is 0.370. The van der Waals surface area contributed by atoms with Gasteiger partial charge in [0.25, 0.3) is 0 Å². The van der Waals surface area contributed by atoms with Crippen LogP contribution >= 0.6 is 0 Å². The van der Waals surface area contributed by atoms with Gasteiger partial charge in [-0.2, -0.15) is 0 Å². The van der Waals surface area contributed by atoms with Gasteiger partial charge in [0.15, 0.2) is 9.90 Å². The fourth-order valence-electron chi connectivity index (χ4n) is 4.35. The summed E-state index contributed by atoms with van der Waals surface area (Å²) in [6.07, 6.45) is 4.50. The lowest BCUT2D eigenvalue weighted by Crippen LogP contribution is -2.47. The van der Waals surface area contributed by atoms with Crippen molar-refractivity contribution in [1.82, 2.24) is 9.97 Å². The molecule has 0 radical (unpaired) electrons. The Hall–Kier alpha value is -3.30. The van der Waals surface area contributed by atoms with Crippen molar-refractivity contribution in [3.63, 3.8) is 0 Å². The molecule has 0 aliphatic carbocycles. The zero-order valence-electron chi connectivity index (χ0n) is 20.9. The summed E-state index contributed by atoms with van der Waals surface area (Å²) in [7, 11) is -4.19. The number of hydrogen-bond donors (Lipinski definition) is 3. The minimum atomic E-state index is -4.19. The molecule has 3 aromatic rings. The van der Waals surface area contributed by atoms with Crippen molar-refractivity contribution in [3.8, 4) is 0 Å². The van der Waals surface area contributed by atoms with E-state index in [9.17, 15) is 13.2 Å². The SMILES string of the molecule is CCCC(C)(C)Cc1ccc(CC(N)(c2cccc(NCC(=O)O)n2)S(=O)(=O)c2ccccn2)cc1. The standard InChI is InChI=1S/C27H34N4O4S/c1-4-15-26(2,3)17-20-11-13-21(14-12-20)18-27(28,36(34,35)24-10-5-6-16-29-24)22-8-7-9-23(31-22)30-19-25(32)33/h5-14,16H,4,15,17-19,28H2,1-3H3,(H,30,31)(H,32,33). The highest BCUT2D eigenvalue weighted by Gasteiger charge is 2.45. The molecule has 0 aliphatic heterocycles. The van der Waals surface area contributed by atoms with Crippen LogP contribution in [-0.2, 0) is 32.3 Å². The number of rotatable bonds is 12. The van der Waals surface area contributed by atoms with Crippen molar-refractivity contribution in [3.05, 3.63) is 83.7 Å². The number of benzene rings is 1. The number of sulfone groups is 1. The number of carbonyl (C=O) groups is 1. The van der Waals surface area contributed by atoms with Gasteiger partial charge in [-0.3, -0.25) is 4.79 Å². The predicted octanol–water partition coefficient (Wildman–Crippen LogP) is 4.17. The monoisotopic (exact) mass is 510 g/mol. The molecule has 2 aromatic heterocycles. The fourth-order valence-corrected chi connectivity index (χ4v) is 5.92. The number of nitrogens with zero attached hydrogens (tertiary/aromatic N) is 2. The van der Waals surface area contributed by atoms with Crippen LogP contribution in [0.5, 0.6) is 0 Å². The summed E-state index contributed by atoms with van der Waals surface area (Å²) in [6, 6.07) is 17.1. The number of carboxylic acid groups (broad SMARTS) is 1. The number of nitrogens with one attached hydrogen (secondary N) is 1. The van der Waals surface area contributed by atoms with E-state index in [2.05, 4.69) is 36.1 Å². The van der Waals surface area contributed by atoms with Crippen LogP contribution in [0.25, 0.3) is 0 Å². The molecule has 4 N–H and O–H groups in total. The Kier molecular flexibility index (Phi) is 8.47. The molecule has 0 aliphatic rings. The van der Waals surface area contributed by atoms with Gasteiger partial charge < -0.3 is 16.2 Å². The molecule has 0 bridgehead atoms. The largest absolute Gasteiger partial charge is 0.480 e. The minimum Gasteiger partial charge on any atom is -0.480 e. The van der Waals surface area contributed by atoms with Crippen molar-refractivity contribution < 1.29 is 18.3 Å². The number of aromatic nitrogens is 2. The summed E-state index contributed by atoms with van der Waals surface area (Å²) in [5, 5.41) is 11.5. The van der Waals surface area contributed by atoms with Gasteiger partial charge in [0.2, 0.25) is 9.84 Å². The summed E-state index contributed by atoms with van der Waals surface area (Å²) < 4.78 is 27.6. The van der Waals surface area contributed by atoms with E-state index in [1.165, 1.54) is 23.9 Å². The minimum absolute atomic E-state index is 0.0417. The van der Waals surface area contributed by atoms with Crippen LogP contribution < -0.4 is 11.1 Å². The first-order chi connectivity index (χ1) is 17.0. The molecule has 0 saturated carbocycles. The van der Waals surface area contributed by atoms with E-state index in [-0.39, 0.29) is 34.9 Å². The van der Waals surface area contributed by atoms with Crippen molar-refractivity contribution in [1.29, 1.82) is 0 Å². The first kappa shape index (κ1) is 27.3. The quantitative estimate of drug-likeness (QED) is 0.330. The zero-order valence-corrected chi connectivity index (χ0v) is 21.8. The Bertz CT molecular complexity index is 1280. The third-order valence-electron chi connectivity index (χ3n) is 6.10. The molecule has 192 valence electrons. The van der Waals surface area contributed by atoms with Gasteiger partial charge in [-0.15, -0.1) is 0 Å². The van der Waals surface area contributed by atoms with E-state index < -0.39 is 20.7 Å². The van der Waals surface area contributed by atoms with Crippen LogP contribution in [0.4, 0.5) is 5.82 Å². The number of anilines is 1. The average Bonchev–Trinajstić information content (AvgIpc) is 2.84. The molecule has 2 heterocycles. The first-order valence-electron chi connectivity index (χ1n) is 11.9. The molecular formula is C27H34N4O4S. The second-order valence-corrected chi connectivity index (χ2v) is 12.0. The normalized spacial score (nSPS) is 13.7. The summed E-state index contributed by atoms with van der Waals surface area (Å²) in [6.45, 7) is 6.29. The Labute approximate surface area is 212 Å². The Morgan fingerprint density at radius 1 is 1.00 bits per heavy atom.